The minimum atomic E-state index is -2.92. The summed E-state index contributed by atoms with van der Waals surface area (Å²) in [7, 11) is 1.38. The molecule has 0 aliphatic carbocycles. The van der Waals surface area contributed by atoms with Crippen molar-refractivity contribution in [1.82, 2.24) is 5.32 Å². The fourth-order valence-electron chi connectivity index (χ4n) is 2.53. The second kappa shape index (κ2) is 9.42. The maximum atomic E-state index is 12.4. The molecule has 0 aliphatic rings. The van der Waals surface area contributed by atoms with Crippen LogP contribution in [0.5, 0.6) is 11.5 Å². The van der Waals surface area contributed by atoms with Crippen molar-refractivity contribution in [1.29, 1.82) is 0 Å². The number of halogens is 2. The lowest BCUT2D eigenvalue weighted by Gasteiger charge is -2.28. The van der Waals surface area contributed by atoms with Crippen LogP contribution in [-0.4, -0.2) is 32.7 Å². The maximum absolute atomic E-state index is 12.4. The van der Waals surface area contributed by atoms with Crippen LogP contribution in [-0.2, 0) is 11.2 Å². The number of benzene rings is 1. The van der Waals surface area contributed by atoms with E-state index in [0.29, 0.717) is 32.4 Å². The Kier molecular flexibility index (Phi) is 7.91. The number of hydrogen-bond acceptors (Lipinski definition) is 4. The second-order valence-electron chi connectivity index (χ2n) is 5.56. The molecule has 1 aromatic carbocycles. The van der Waals surface area contributed by atoms with Gasteiger partial charge in [-0.25, -0.2) is 0 Å². The first kappa shape index (κ1) is 20.2. The molecule has 0 unspecified atom stereocenters. The highest BCUT2D eigenvalue weighted by Crippen LogP contribution is 2.29. The number of ether oxygens (including phenoxy) is 2. The molecule has 0 bridgehead atoms. The van der Waals surface area contributed by atoms with Gasteiger partial charge in [-0.2, -0.15) is 8.78 Å². The van der Waals surface area contributed by atoms with Crippen molar-refractivity contribution in [3.8, 4) is 11.5 Å². The number of rotatable bonds is 10. The van der Waals surface area contributed by atoms with Crippen molar-refractivity contribution in [2.75, 3.05) is 20.2 Å². The van der Waals surface area contributed by atoms with Crippen LogP contribution in [0, 0.1) is 5.41 Å². The van der Waals surface area contributed by atoms with Crippen LogP contribution < -0.4 is 20.5 Å². The third-order valence-corrected chi connectivity index (χ3v) is 4.37. The second-order valence-corrected chi connectivity index (χ2v) is 5.56. The molecule has 0 saturated carbocycles. The first-order valence-corrected chi connectivity index (χ1v) is 8.02. The van der Waals surface area contributed by atoms with Crippen LogP contribution in [0.1, 0.15) is 32.3 Å². The van der Waals surface area contributed by atoms with Crippen LogP contribution in [0.3, 0.4) is 0 Å². The molecule has 0 spiro atoms. The van der Waals surface area contributed by atoms with E-state index < -0.39 is 12.0 Å². The number of alkyl halides is 2. The van der Waals surface area contributed by atoms with Crippen LogP contribution in [0.2, 0.25) is 0 Å². The van der Waals surface area contributed by atoms with Gasteiger partial charge in [-0.1, -0.05) is 19.9 Å². The zero-order chi connectivity index (χ0) is 18.2. The third kappa shape index (κ3) is 5.06. The number of amides is 1. The lowest BCUT2D eigenvalue weighted by molar-refractivity contribution is -0.131. The summed E-state index contributed by atoms with van der Waals surface area (Å²) in [5, 5.41) is 2.87. The van der Waals surface area contributed by atoms with Gasteiger partial charge in [-0.3, -0.25) is 4.79 Å². The molecular weight excluding hydrogens is 318 g/mol. The number of carbonyl (C=O) groups is 1. The predicted octanol–water partition coefficient (Wildman–Crippen LogP) is 2.72. The van der Waals surface area contributed by atoms with Crippen molar-refractivity contribution in [3.63, 3.8) is 0 Å². The zero-order valence-corrected chi connectivity index (χ0v) is 14.4. The summed E-state index contributed by atoms with van der Waals surface area (Å²) in [5.41, 5.74) is 5.96. The van der Waals surface area contributed by atoms with Crippen molar-refractivity contribution < 1.29 is 23.0 Å². The molecular formula is C17H26F2N2O3. The largest absolute Gasteiger partial charge is 0.493 e. The average molecular weight is 344 g/mol. The third-order valence-electron chi connectivity index (χ3n) is 4.37. The molecule has 0 heterocycles. The smallest absolute Gasteiger partial charge is 0.387 e. The van der Waals surface area contributed by atoms with Gasteiger partial charge in [-0.15, -0.1) is 0 Å². The number of carbonyl (C=O) groups excluding carboxylic acids is 1. The Morgan fingerprint density at radius 2 is 1.96 bits per heavy atom. The predicted molar refractivity (Wildman–Crippen MR) is 88.4 cm³/mol. The molecule has 0 aromatic heterocycles. The highest BCUT2D eigenvalue weighted by Gasteiger charge is 2.32. The Morgan fingerprint density at radius 1 is 1.29 bits per heavy atom. The van der Waals surface area contributed by atoms with Gasteiger partial charge in [0.2, 0.25) is 5.91 Å². The lowest BCUT2D eigenvalue weighted by atomic mass is 9.81. The maximum Gasteiger partial charge on any atom is 0.387 e. The highest BCUT2D eigenvalue weighted by atomic mass is 19.3. The Balaban J connectivity index is 2.69. The Hall–Kier alpha value is -1.89. The molecule has 0 aliphatic heterocycles. The summed E-state index contributed by atoms with van der Waals surface area (Å²) in [6, 6.07) is 4.81. The Bertz CT molecular complexity index is 526. The topological polar surface area (TPSA) is 73.6 Å². The molecule has 0 radical (unpaired) electrons. The van der Waals surface area contributed by atoms with Crippen LogP contribution >= 0.6 is 0 Å². The molecule has 1 aromatic rings. The van der Waals surface area contributed by atoms with Gasteiger partial charge in [0.05, 0.1) is 12.5 Å². The van der Waals surface area contributed by atoms with Gasteiger partial charge in [-0.05, 0) is 37.0 Å². The lowest BCUT2D eigenvalue weighted by Crippen LogP contribution is -2.45. The van der Waals surface area contributed by atoms with Gasteiger partial charge in [0.15, 0.2) is 11.5 Å². The fraction of sp³-hybridized carbons (Fsp3) is 0.588. The van der Waals surface area contributed by atoms with E-state index in [1.807, 2.05) is 13.8 Å². The number of hydrogen-bond donors (Lipinski definition) is 2. The normalized spacial score (nSPS) is 11.5. The Morgan fingerprint density at radius 3 is 2.46 bits per heavy atom. The SMILES string of the molecule is CCC(CC)(CN)C(=O)NCCc1ccc(OC)c(OC(F)F)c1. The molecule has 0 atom stereocenters. The van der Waals surface area contributed by atoms with Crippen molar-refractivity contribution in [2.24, 2.45) is 11.1 Å². The van der Waals surface area contributed by atoms with Crippen molar-refractivity contribution in [3.05, 3.63) is 23.8 Å². The molecule has 3 N–H and O–H groups in total. The highest BCUT2D eigenvalue weighted by molar-refractivity contribution is 5.82. The molecule has 1 amide bonds. The fourth-order valence-corrected chi connectivity index (χ4v) is 2.53. The standard InChI is InChI=1S/C17H26F2N2O3/c1-4-17(5-2,11-20)15(22)21-9-8-12-6-7-13(23-3)14(10-12)24-16(18)19/h6-7,10,16H,4-5,8-9,11,20H2,1-3H3,(H,21,22). The average Bonchev–Trinajstić information content (AvgIpc) is 2.57. The van der Waals surface area contributed by atoms with E-state index in [4.69, 9.17) is 10.5 Å². The van der Waals surface area contributed by atoms with Gasteiger partial charge in [0.25, 0.3) is 0 Å². The van der Waals surface area contributed by atoms with E-state index in [0.717, 1.165) is 5.56 Å². The van der Waals surface area contributed by atoms with Gasteiger partial charge >= 0.3 is 6.61 Å². The minimum Gasteiger partial charge on any atom is -0.493 e. The number of nitrogens with two attached hydrogens (primary N) is 1. The van der Waals surface area contributed by atoms with Gasteiger partial charge < -0.3 is 20.5 Å². The van der Waals surface area contributed by atoms with E-state index >= 15 is 0 Å². The van der Waals surface area contributed by atoms with Crippen LogP contribution in [0.25, 0.3) is 0 Å². The number of methoxy groups -OCH3 is 1. The summed E-state index contributed by atoms with van der Waals surface area (Å²) >= 11 is 0. The van der Waals surface area contributed by atoms with Crippen molar-refractivity contribution in [2.45, 2.75) is 39.7 Å². The minimum absolute atomic E-state index is 0.0188. The van der Waals surface area contributed by atoms with E-state index in [9.17, 15) is 13.6 Å². The summed E-state index contributed by atoms with van der Waals surface area (Å²) in [6.45, 7) is 1.64. The van der Waals surface area contributed by atoms with E-state index in [1.54, 1.807) is 12.1 Å². The van der Waals surface area contributed by atoms with Crippen LogP contribution in [0.15, 0.2) is 18.2 Å². The zero-order valence-electron chi connectivity index (χ0n) is 14.4. The summed E-state index contributed by atoms with van der Waals surface area (Å²) in [5.74, 6) is 0.143. The monoisotopic (exact) mass is 344 g/mol. The summed E-state index contributed by atoms with van der Waals surface area (Å²) < 4.78 is 34.3. The van der Waals surface area contributed by atoms with Crippen molar-refractivity contribution >= 4 is 5.91 Å². The summed E-state index contributed by atoms with van der Waals surface area (Å²) in [6.07, 6.45) is 1.82. The van der Waals surface area contributed by atoms with E-state index in [-0.39, 0.29) is 17.4 Å². The van der Waals surface area contributed by atoms with Crippen LogP contribution in [0.4, 0.5) is 8.78 Å². The molecule has 0 fully saturated rings. The van der Waals surface area contributed by atoms with E-state index in [1.165, 1.54) is 13.2 Å². The molecule has 24 heavy (non-hydrogen) atoms. The van der Waals surface area contributed by atoms with E-state index in [2.05, 4.69) is 10.1 Å². The molecule has 5 nitrogen and oxygen atoms in total. The number of nitrogens with one attached hydrogen (secondary N) is 1. The van der Waals surface area contributed by atoms with Gasteiger partial charge in [0.1, 0.15) is 0 Å². The summed E-state index contributed by atoms with van der Waals surface area (Å²) in [4.78, 5) is 12.3. The molecule has 7 heteroatoms. The molecule has 0 saturated heterocycles. The Labute approximate surface area is 141 Å². The van der Waals surface area contributed by atoms with Gasteiger partial charge in [0, 0.05) is 13.1 Å². The molecule has 136 valence electrons. The first-order chi connectivity index (χ1) is 11.4. The molecule has 1 rings (SSSR count). The quantitative estimate of drug-likeness (QED) is 0.684. The first-order valence-electron chi connectivity index (χ1n) is 8.02.